The van der Waals surface area contributed by atoms with E-state index in [0.717, 1.165) is 63.4 Å². The van der Waals surface area contributed by atoms with Gasteiger partial charge in [-0.1, -0.05) is 18.2 Å². The van der Waals surface area contributed by atoms with E-state index < -0.39 is 6.10 Å². The highest BCUT2D eigenvalue weighted by atomic mass is 16.7. The SMILES string of the molecule is COC1=CC=C/C(=C\n2c3c(c4ccc(OC)cc42)C=CN(OC2C(OC)=CC=C/C2=C\n2c4c(c5ccc(OC)cc52)CCN=C4C)C3C)C1=O. The van der Waals surface area contributed by atoms with Crippen LogP contribution in [0, 0.1) is 0 Å². The number of hydroxylamine groups is 2. The molecule has 264 valence electrons. The predicted molar refractivity (Wildman–Crippen MR) is 204 cm³/mol. The summed E-state index contributed by atoms with van der Waals surface area (Å²) in [5, 5.41) is 4.07. The minimum atomic E-state index is -0.572. The summed E-state index contributed by atoms with van der Waals surface area (Å²) in [7, 11) is 6.50. The molecule has 10 nitrogen and oxygen atoms in total. The summed E-state index contributed by atoms with van der Waals surface area (Å²) in [5.41, 5.74) is 8.69. The highest BCUT2D eigenvalue weighted by molar-refractivity contribution is 6.12. The van der Waals surface area contributed by atoms with E-state index in [-0.39, 0.29) is 17.6 Å². The molecule has 10 heteroatoms. The van der Waals surface area contributed by atoms with Crippen LogP contribution in [-0.2, 0) is 25.5 Å². The number of ether oxygens (including phenoxy) is 4. The maximum absolute atomic E-state index is 13.3. The second kappa shape index (κ2) is 13.3. The summed E-state index contributed by atoms with van der Waals surface area (Å²) in [6.07, 6.45) is 19.6. The van der Waals surface area contributed by atoms with Crippen molar-refractivity contribution in [3.05, 3.63) is 124 Å². The number of fused-ring (bicyclic) bond motifs is 6. The number of Topliss-reactive ketones (excluding diaryl/α,β-unsaturated/α-hetero) is 1. The Kier molecular flexibility index (Phi) is 8.47. The van der Waals surface area contributed by atoms with E-state index in [1.54, 1.807) is 33.5 Å². The summed E-state index contributed by atoms with van der Waals surface area (Å²) in [4.78, 5) is 25.1. The number of methoxy groups -OCH3 is 4. The molecule has 0 saturated heterocycles. The third kappa shape index (κ3) is 5.38. The van der Waals surface area contributed by atoms with Gasteiger partial charge in [-0.3, -0.25) is 19.7 Å². The van der Waals surface area contributed by atoms with Crippen molar-refractivity contribution in [3.8, 4) is 11.5 Å². The number of aliphatic imine (C=N–C) groups is 1. The molecule has 2 atom stereocenters. The maximum Gasteiger partial charge on any atom is 0.229 e. The number of benzene rings is 2. The number of nitrogens with zero attached hydrogens (tertiary/aromatic N) is 4. The van der Waals surface area contributed by atoms with E-state index >= 15 is 0 Å². The van der Waals surface area contributed by atoms with Crippen LogP contribution in [0.4, 0.5) is 0 Å². The van der Waals surface area contributed by atoms with E-state index in [1.165, 1.54) is 18.1 Å². The second-order valence-electron chi connectivity index (χ2n) is 13.0. The number of hydrogen-bond acceptors (Lipinski definition) is 8. The standard InChI is InChI=1S/C42H40N4O6/c1-25-39-33(17-19-43-25)31-15-13-29(48-3)21-35(31)44(39)24-28-10-8-12-38(51-6)42(28)52-46-20-18-34-32-16-14-30(49-4)22-36(32)45(40(34)26(46)2)23-27-9-7-11-37(50-5)41(27)47/h7-16,18,20-24,26,42H,17,19H2,1-6H3/b27-23+,28-24+. The molecule has 2 aromatic carbocycles. The van der Waals surface area contributed by atoms with Crippen molar-refractivity contribution in [1.29, 1.82) is 0 Å². The summed E-state index contributed by atoms with van der Waals surface area (Å²) >= 11 is 0. The van der Waals surface area contributed by atoms with Crippen molar-refractivity contribution in [2.24, 2.45) is 4.99 Å². The lowest BCUT2D eigenvalue weighted by Gasteiger charge is -2.35. The minimum absolute atomic E-state index is 0.188. The first-order chi connectivity index (χ1) is 25.3. The van der Waals surface area contributed by atoms with Gasteiger partial charge in [0, 0.05) is 64.8 Å². The summed E-state index contributed by atoms with van der Waals surface area (Å²) in [5.74, 6) is 2.26. The quantitative estimate of drug-likeness (QED) is 0.174. The molecule has 0 saturated carbocycles. The fraction of sp³-hybridized carbons (Fsp3) is 0.238. The number of rotatable bonds is 8. The molecule has 52 heavy (non-hydrogen) atoms. The average molecular weight is 697 g/mol. The molecule has 8 rings (SSSR count). The third-order valence-corrected chi connectivity index (χ3v) is 10.2. The van der Waals surface area contributed by atoms with Crippen LogP contribution in [0.2, 0.25) is 0 Å². The van der Waals surface area contributed by atoms with Crippen LogP contribution in [0.15, 0.2) is 107 Å². The summed E-state index contributed by atoms with van der Waals surface area (Å²) in [6, 6.07) is 11.9. The van der Waals surface area contributed by atoms with E-state index in [1.807, 2.05) is 53.9 Å². The van der Waals surface area contributed by atoms with E-state index in [0.29, 0.717) is 17.1 Å². The topological polar surface area (TPSA) is 88.7 Å². The van der Waals surface area contributed by atoms with Crippen molar-refractivity contribution in [1.82, 2.24) is 14.2 Å². The lowest BCUT2D eigenvalue weighted by atomic mass is 10.0. The molecule has 2 aromatic heterocycles. The molecule has 2 aliphatic carbocycles. The first-order valence-electron chi connectivity index (χ1n) is 17.2. The Balaban J connectivity index is 1.22. The van der Waals surface area contributed by atoms with E-state index in [4.69, 9.17) is 28.8 Å². The highest BCUT2D eigenvalue weighted by Gasteiger charge is 2.33. The molecule has 4 aliphatic rings. The molecule has 0 amide bonds. The molecule has 4 heterocycles. The van der Waals surface area contributed by atoms with Gasteiger partial charge in [0.25, 0.3) is 0 Å². The average Bonchev–Trinajstić information content (AvgIpc) is 3.66. The van der Waals surface area contributed by atoms with Crippen molar-refractivity contribution in [2.75, 3.05) is 35.0 Å². The first-order valence-corrected chi connectivity index (χ1v) is 17.2. The fourth-order valence-corrected chi connectivity index (χ4v) is 7.60. The minimum Gasteiger partial charge on any atom is -0.498 e. The Morgan fingerprint density at radius 1 is 0.827 bits per heavy atom. The molecular formula is C42H40N4O6. The highest BCUT2D eigenvalue weighted by Crippen LogP contribution is 2.41. The molecule has 0 N–H and O–H groups in total. The number of hydrogen-bond donors (Lipinski definition) is 0. The van der Waals surface area contributed by atoms with Gasteiger partial charge < -0.3 is 28.1 Å². The van der Waals surface area contributed by atoms with Crippen LogP contribution in [0.3, 0.4) is 0 Å². The van der Waals surface area contributed by atoms with Crippen LogP contribution < -0.4 is 9.47 Å². The normalized spacial score (nSPS) is 21.0. The smallest absolute Gasteiger partial charge is 0.229 e. The van der Waals surface area contributed by atoms with Gasteiger partial charge in [0.1, 0.15) is 17.3 Å². The van der Waals surface area contributed by atoms with Gasteiger partial charge in [0.05, 0.1) is 62.6 Å². The summed E-state index contributed by atoms with van der Waals surface area (Å²) in [6.45, 7) is 4.92. The third-order valence-electron chi connectivity index (χ3n) is 10.2. The maximum atomic E-state index is 13.3. The van der Waals surface area contributed by atoms with Gasteiger partial charge in [-0.2, -0.15) is 0 Å². The Morgan fingerprint density at radius 3 is 2.29 bits per heavy atom. The largest absolute Gasteiger partial charge is 0.498 e. The number of carbonyl (C=O) groups excluding carboxylic acids is 1. The van der Waals surface area contributed by atoms with Crippen molar-refractivity contribution in [3.63, 3.8) is 0 Å². The van der Waals surface area contributed by atoms with Crippen molar-refractivity contribution in [2.45, 2.75) is 32.4 Å². The number of carbonyl (C=O) groups is 1. The molecule has 2 unspecified atom stereocenters. The molecule has 0 bridgehead atoms. The Labute approximate surface area is 302 Å². The summed E-state index contributed by atoms with van der Waals surface area (Å²) < 4.78 is 26.8. The Bertz CT molecular complexity index is 2390. The van der Waals surface area contributed by atoms with Crippen LogP contribution in [-0.4, -0.2) is 66.8 Å². The van der Waals surface area contributed by atoms with Gasteiger partial charge in [-0.15, -0.1) is 0 Å². The zero-order chi connectivity index (χ0) is 36.1. The van der Waals surface area contributed by atoms with Crippen LogP contribution >= 0.6 is 0 Å². The van der Waals surface area contributed by atoms with Gasteiger partial charge in [0.15, 0.2) is 11.9 Å². The Hall–Kier alpha value is -6.00. The monoisotopic (exact) mass is 696 g/mol. The number of allylic oxidation sites excluding steroid dienone is 6. The van der Waals surface area contributed by atoms with Gasteiger partial charge >= 0.3 is 0 Å². The molecule has 4 aromatic rings. The lowest BCUT2D eigenvalue weighted by Crippen LogP contribution is -2.33. The van der Waals surface area contributed by atoms with Crippen LogP contribution in [0.1, 0.15) is 42.4 Å². The zero-order valence-corrected chi connectivity index (χ0v) is 30.0. The van der Waals surface area contributed by atoms with Gasteiger partial charge in [0.2, 0.25) is 5.78 Å². The van der Waals surface area contributed by atoms with E-state index in [2.05, 4.69) is 59.5 Å². The Morgan fingerprint density at radius 2 is 1.56 bits per heavy atom. The lowest BCUT2D eigenvalue weighted by molar-refractivity contribution is -0.174. The first kappa shape index (κ1) is 33.2. The van der Waals surface area contributed by atoms with Crippen molar-refractivity contribution >= 4 is 51.8 Å². The number of aromatic nitrogens is 2. The van der Waals surface area contributed by atoms with Crippen molar-refractivity contribution < 1.29 is 28.6 Å². The second-order valence-corrected chi connectivity index (χ2v) is 13.0. The van der Waals surface area contributed by atoms with E-state index in [9.17, 15) is 4.79 Å². The van der Waals surface area contributed by atoms with Crippen LogP contribution in [0.25, 0.3) is 40.3 Å². The van der Waals surface area contributed by atoms with Crippen LogP contribution in [0.5, 0.6) is 11.5 Å². The molecule has 0 radical (unpaired) electrons. The van der Waals surface area contributed by atoms with Gasteiger partial charge in [-0.25, -0.2) is 0 Å². The van der Waals surface area contributed by atoms with Gasteiger partial charge in [-0.05, 0) is 74.4 Å². The fourth-order valence-electron chi connectivity index (χ4n) is 7.60. The molecular weight excluding hydrogens is 656 g/mol. The zero-order valence-electron chi connectivity index (χ0n) is 30.0. The molecule has 2 aliphatic heterocycles. The number of ketones is 1. The predicted octanol–water partition coefficient (Wildman–Crippen LogP) is 7.78. The molecule has 0 fully saturated rings. The molecule has 0 spiro atoms.